The number of nitrogens with zero attached hydrogens (tertiary/aromatic N) is 1. The molecule has 0 amide bonds. The summed E-state index contributed by atoms with van der Waals surface area (Å²) in [5, 5.41) is 10.00. The molecule has 1 aromatic carbocycles. The number of aliphatic hydroxyl groups is 1. The fraction of sp³-hybridized carbons (Fsp3) is 0.267. The second-order valence-electron chi connectivity index (χ2n) is 4.50. The van der Waals surface area contributed by atoms with Gasteiger partial charge in [0.05, 0.1) is 10.6 Å². The molecule has 2 aromatic rings. The highest BCUT2D eigenvalue weighted by Gasteiger charge is 2.08. The van der Waals surface area contributed by atoms with Gasteiger partial charge in [-0.3, -0.25) is 4.98 Å². The molecule has 1 heterocycles. The zero-order valence-electron chi connectivity index (χ0n) is 10.4. The number of aliphatic hydroxyl groups excluding tert-OH is 1. The summed E-state index contributed by atoms with van der Waals surface area (Å²) in [4.78, 5) is 3.95. The third-order valence-corrected chi connectivity index (χ3v) is 3.58. The third-order valence-electron chi connectivity index (χ3n) is 2.97. The number of pyridine rings is 1. The van der Waals surface area contributed by atoms with Crippen molar-refractivity contribution in [2.45, 2.75) is 25.4 Å². The van der Waals surface area contributed by atoms with Crippen LogP contribution in [0.4, 0.5) is 4.39 Å². The lowest BCUT2D eigenvalue weighted by atomic mass is 10.0. The summed E-state index contributed by atoms with van der Waals surface area (Å²) in [6, 6.07) is 8.72. The van der Waals surface area contributed by atoms with Crippen molar-refractivity contribution in [3.63, 3.8) is 0 Å². The van der Waals surface area contributed by atoms with Gasteiger partial charge in [-0.05, 0) is 70.6 Å². The van der Waals surface area contributed by atoms with Crippen molar-refractivity contribution >= 4 is 15.9 Å². The second kappa shape index (κ2) is 6.78. The number of rotatable bonds is 5. The SMILES string of the molecule is OC(CCc1ccncc1)Cc1ccc(F)c(Br)c1. The average molecular weight is 324 g/mol. The number of hydrogen-bond acceptors (Lipinski definition) is 2. The standard InChI is InChI=1S/C15H15BrFNO/c16-14-10-12(2-4-15(14)17)9-13(19)3-1-11-5-7-18-8-6-11/h2,4-8,10,13,19H,1,3,9H2. The molecule has 2 rings (SSSR count). The van der Waals surface area contributed by atoms with Crippen molar-refractivity contribution in [3.05, 3.63) is 64.1 Å². The molecular weight excluding hydrogens is 309 g/mol. The van der Waals surface area contributed by atoms with E-state index in [9.17, 15) is 9.50 Å². The molecule has 1 aromatic heterocycles. The summed E-state index contributed by atoms with van der Waals surface area (Å²) in [7, 11) is 0. The van der Waals surface area contributed by atoms with Gasteiger partial charge in [-0.25, -0.2) is 4.39 Å². The van der Waals surface area contributed by atoms with Crippen molar-refractivity contribution in [1.29, 1.82) is 0 Å². The highest BCUT2D eigenvalue weighted by molar-refractivity contribution is 9.10. The first kappa shape index (κ1) is 14.2. The monoisotopic (exact) mass is 323 g/mol. The smallest absolute Gasteiger partial charge is 0.137 e. The van der Waals surface area contributed by atoms with Crippen molar-refractivity contribution < 1.29 is 9.50 Å². The summed E-state index contributed by atoms with van der Waals surface area (Å²) in [5.41, 5.74) is 2.09. The molecule has 0 aliphatic carbocycles. The number of benzene rings is 1. The molecule has 1 N–H and O–H groups in total. The molecule has 4 heteroatoms. The van der Waals surface area contributed by atoms with Crippen LogP contribution in [0.5, 0.6) is 0 Å². The Balaban J connectivity index is 1.87. The lowest BCUT2D eigenvalue weighted by Crippen LogP contribution is -2.11. The molecule has 0 saturated carbocycles. The molecule has 0 bridgehead atoms. The molecule has 0 spiro atoms. The molecule has 1 atom stereocenters. The van der Waals surface area contributed by atoms with Crippen molar-refractivity contribution in [3.8, 4) is 0 Å². The van der Waals surface area contributed by atoms with Gasteiger partial charge in [-0.1, -0.05) is 6.07 Å². The predicted octanol–water partition coefficient (Wildman–Crippen LogP) is 3.52. The van der Waals surface area contributed by atoms with E-state index in [4.69, 9.17) is 0 Å². The van der Waals surface area contributed by atoms with Crippen LogP contribution in [0.25, 0.3) is 0 Å². The summed E-state index contributed by atoms with van der Waals surface area (Å²) in [6.07, 6.45) is 5.10. The largest absolute Gasteiger partial charge is 0.393 e. The van der Waals surface area contributed by atoms with Crippen molar-refractivity contribution in [2.24, 2.45) is 0 Å². The zero-order chi connectivity index (χ0) is 13.7. The Hall–Kier alpha value is -1.26. The van der Waals surface area contributed by atoms with Crippen LogP contribution in [-0.4, -0.2) is 16.2 Å². The Morgan fingerprint density at radius 3 is 2.58 bits per heavy atom. The minimum absolute atomic E-state index is 0.282. The van der Waals surface area contributed by atoms with Crippen molar-refractivity contribution in [1.82, 2.24) is 4.98 Å². The molecule has 0 saturated heterocycles. The van der Waals surface area contributed by atoms with Crippen LogP contribution in [0.3, 0.4) is 0 Å². The first-order chi connectivity index (χ1) is 9.15. The van der Waals surface area contributed by atoms with E-state index in [2.05, 4.69) is 20.9 Å². The van der Waals surface area contributed by atoms with E-state index in [1.165, 1.54) is 6.07 Å². The first-order valence-corrected chi connectivity index (χ1v) is 6.95. The second-order valence-corrected chi connectivity index (χ2v) is 5.35. The summed E-state index contributed by atoms with van der Waals surface area (Å²) in [5.74, 6) is -0.282. The van der Waals surface area contributed by atoms with Gasteiger partial charge in [0.1, 0.15) is 5.82 Å². The third kappa shape index (κ3) is 4.40. The fourth-order valence-corrected chi connectivity index (χ4v) is 2.35. The topological polar surface area (TPSA) is 33.1 Å². The first-order valence-electron chi connectivity index (χ1n) is 6.16. The Kier molecular flexibility index (Phi) is 5.05. The Labute approximate surface area is 120 Å². The molecule has 0 fully saturated rings. The maximum atomic E-state index is 13.1. The van der Waals surface area contributed by atoms with Gasteiger partial charge in [-0.15, -0.1) is 0 Å². The van der Waals surface area contributed by atoms with E-state index in [0.717, 1.165) is 17.5 Å². The van der Waals surface area contributed by atoms with E-state index in [0.29, 0.717) is 17.3 Å². The fourth-order valence-electron chi connectivity index (χ4n) is 1.92. The van der Waals surface area contributed by atoms with Gasteiger partial charge in [0, 0.05) is 12.4 Å². The minimum Gasteiger partial charge on any atom is -0.393 e. The number of hydrogen-bond donors (Lipinski definition) is 1. The zero-order valence-corrected chi connectivity index (χ0v) is 12.0. The minimum atomic E-state index is -0.425. The van der Waals surface area contributed by atoms with Gasteiger partial charge in [0.25, 0.3) is 0 Å². The van der Waals surface area contributed by atoms with E-state index in [-0.39, 0.29) is 5.82 Å². The van der Waals surface area contributed by atoms with Crippen molar-refractivity contribution in [2.75, 3.05) is 0 Å². The number of aromatic nitrogens is 1. The van der Waals surface area contributed by atoms with Gasteiger partial charge in [0.2, 0.25) is 0 Å². The van der Waals surface area contributed by atoms with Gasteiger partial charge in [-0.2, -0.15) is 0 Å². The maximum absolute atomic E-state index is 13.1. The van der Waals surface area contributed by atoms with Crippen LogP contribution in [0.2, 0.25) is 0 Å². The summed E-state index contributed by atoms with van der Waals surface area (Å²) in [6.45, 7) is 0. The lowest BCUT2D eigenvalue weighted by Gasteiger charge is -2.11. The highest BCUT2D eigenvalue weighted by Crippen LogP contribution is 2.18. The van der Waals surface area contributed by atoms with Crippen LogP contribution >= 0.6 is 15.9 Å². The van der Waals surface area contributed by atoms with Crippen LogP contribution in [-0.2, 0) is 12.8 Å². The molecule has 1 unspecified atom stereocenters. The molecular formula is C15H15BrFNO. The molecule has 2 nitrogen and oxygen atoms in total. The van der Waals surface area contributed by atoms with Gasteiger partial charge in [0.15, 0.2) is 0 Å². The normalized spacial score (nSPS) is 12.4. The van der Waals surface area contributed by atoms with Gasteiger partial charge < -0.3 is 5.11 Å². The Morgan fingerprint density at radius 2 is 1.89 bits per heavy atom. The molecule has 100 valence electrons. The average Bonchev–Trinajstić information content (AvgIpc) is 2.42. The molecule has 0 aliphatic rings. The quantitative estimate of drug-likeness (QED) is 0.913. The van der Waals surface area contributed by atoms with Crippen LogP contribution in [0, 0.1) is 5.82 Å². The van der Waals surface area contributed by atoms with E-state index < -0.39 is 6.10 Å². The lowest BCUT2D eigenvalue weighted by molar-refractivity contribution is 0.165. The van der Waals surface area contributed by atoms with Crippen LogP contribution in [0.15, 0.2) is 47.2 Å². The molecule has 0 radical (unpaired) electrons. The van der Waals surface area contributed by atoms with E-state index >= 15 is 0 Å². The Morgan fingerprint density at radius 1 is 1.16 bits per heavy atom. The molecule has 19 heavy (non-hydrogen) atoms. The number of aryl methyl sites for hydroxylation is 1. The maximum Gasteiger partial charge on any atom is 0.137 e. The predicted molar refractivity (Wildman–Crippen MR) is 76.4 cm³/mol. The summed E-state index contributed by atoms with van der Waals surface area (Å²) < 4.78 is 13.5. The highest BCUT2D eigenvalue weighted by atomic mass is 79.9. The Bertz CT molecular complexity index is 533. The van der Waals surface area contributed by atoms with Gasteiger partial charge >= 0.3 is 0 Å². The van der Waals surface area contributed by atoms with Crippen LogP contribution < -0.4 is 0 Å². The van der Waals surface area contributed by atoms with E-state index in [1.807, 2.05) is 12.1 Å². The molecule has 0 aliphatic heterocycles. The number of halogens is 2. The van der Waals surface area contributed by atoms with Crippen LogP contribution in [0.1, 0.15) is 17.5 Å². The van der Waals surface area contributed by atoms with E-state index in [1.54, 1.807) is 24.5 Å². The summed E-state index contributed by atoms with van der Waals surface area (Å²) >= 11 is 3.15.